The first-order valence-electron chi connectivity index (χ1n) is 4.69. The van der Waals surface area contributed by atoms with E-state index in [0.29, 0.717) is 10.8 Å². The summed E-state index contributed by atoms with van der Waals surface area (Å²) in [5.74, 6) is 0.705. The minimum atomic E-state index is -0.0331. The van der Waals surface area contributed by atoms with Crippen molar-refractivity contribution < 1.29 is 4.74 Å². The average molecular weight is 214 g/mol. The van der Waals surface area contributed by atoms with E-state index >= 15 is 0 Å². The Morgan fingerprint density at radius 3 is 2.57 bits per heavy atom. The normalized spacial score (nSPS) is 14.9. The second kappa shape index (κ2) is 4.67. The smallest absolute Gasteiger partial charge is 0.138 e. The van der Waals surface area contributed by atoms with Crippen LogP contribution in [0.25, 0.3) is 0 Å². The van der Waals surface area contributed by atoms with Crippen LogP contribution in [0.5, 0.6) is 5.75 Å². The van der Waals surface area contributed by atoms with Gasteiger partial charge in [-0.1, -0.05) is 17.7 Å². The molecular weight excluding hydrogens is 198 g/mol. The molecular formula is C11H16ClNO. The maximum Gasteiger partial charge on any atom is 0.138 e. The van der Waals surface area contributed by atoms with Crippen LogP contribution in [0, 0.1) is 6.92 Å². The van der Waals surface area contributed by atoms with Crippen molar-refractivity contribution in [3.8, 4) is 5.75 Å². The van der Waals surface area contributed by atoms with E-state index in [9.17, 15) is 0 Å². The third-order valence-corrected chi connectivity index (χ3v) is 2.45. The van der Waals surface area contributed by atoms with Gasteiger partial charge in [-0.3, -0.25) is 0 Å². The monoisotopic (exact) mass is 213 g/mol. The lowest BCUT2D eigenvalue weighted by Crippen LogP contribution is -2.33. The number of hydrogen-bond donors (Lipinski definition) is 1. The van der Waals surface area contributed by atoms with Crippen molar-refractivity contribution in [1.82, 2.24) is 0 Å². The van der Waals surface area contributed by atoms with Crippen molar-refractivity contribution in [3.63, 3.8) is 0 Å². The van der Waals surface area contributed by atoms with Gasteiger partial charge in [0.05, 0.1) is 5.02 Å². The van der Waals surface area contributed by atoms with Gasteiger partial charge in [-0.2, -0.15) is 0 Å². The Balaban J connectivity index is 2.80. The van der Waals surface area contributed by atoms with Gasteiger partial charge in [0.15, 0.2) is 0 Å². The van der Waals surface area contributed by atoms with E-state index in [1.807, 2.05) is 39.0 Å². The molecule has 2 nitrogen and oxygen atoms in total. The fourth-order valence-electron chi connectivity index (χ4n) is 1.01. The Morgan fingerprint density at radius 2 is 2.00 bits per heavy atom. The first-order chi connectivity index (χ1) is 6.50. The molecule has 2 atom stereocenters. The van der Waals surface area contributed by atoms with E-state index in [1.165, 1.54) is 0 Å². The van der Waals surface area contributed by atoms with Crippen LogP contribution in [0.4, 0.5) is 0 Å². The Hall–Kier alpha value is -0.730. The van der Waals surface area contributed by atoms with Crippen LogP contribution in [0.3, 0.4) is 0 Å². The molecule has 0 fully saturated rings. The quantitative estimate of drug-likeness (QED) is 0.838. The minimum absolute atomic E-state index is 0.00780. The van der Waals surface area contributed by atoms with Crippen LogP contribution in [-0.2, 0) is 0 Å². The summed E-state index contributed by atoms with van der Waals surface area (Å²) in [7, 11) is 0. The summed E-state index contributed by atoms with van der Waals surface area (Å²) < 4.78 is 5.63. The molecule has 1 aromatic carbocycles. The van der Waals surface area contributed by atoms with Crippen molar-refractivity contribution in [2.45, 2.75) is 32.9 Å². The second-order valence-corrected chi connectivity index (χ2v) is 4.02. The summed E-state index contributed by atoms with van der Waals surface area (Å²) >= 11 is 5.98. The molecule has 0 aliphatic carbocycles. The van der Waals surface area contributed by atoms with Crippen LogP contribution < -0.4 is 10.5 Å². The van der Waals surface area contributed by atoms with E-state index < -0.39 is 0 Å². The Kier molecular flexibility index (Phi) is 3.78. The zero-order chi connectivity index (χ0) is 10.7. The molecule has 78 valence electrons. The lowest BCUT2D eigenvalue weighted by molar-refractivity contribution is 0.197. The number of benzene rings is 1. The zero-order valence-corrected chi connectivity index (χ0v) is 9.51. The molecule has 3 heteroatoms. The highest BCUT2D eigenvalue weighted by Crippen LogP contribution is 2.26. The average Bonchev–Trinajstić information content (AvgIpc) is 2.11. The van der Waals surface area contributed by atoms with Crippen molar-refractivity contribution >= 4 is 11.6 Å². The zero-order valence-electron chi connectivity index (χ0n) is 8.75. The molecule has 0 aliphatic rings. The summed E-state index contributed by atoms with van der Waals surface area (Å²) in [5.41, 5.74) is 6.83. The fourth-order valence-corrected chi connectivity index (χ4v) is 1.17. The Labute approximate surface area is 90.0 Å². The van der Waals surface area contributed by atoms with Gasteiger partial charge in [0.1, 0.15) is 11.9 Å². The van der Waals surface area contributed by atoms with Crippen molar-refractivity contribution in [2.75, 3.05) is 0 Å². The summed E-state index contributed by atoms with van der Waals surface area (Å²) in [6.45, 7) is 5.84. The van der Waals surface area contributed by atoms with Crippen LogP contribution >= 0.6 is 11.6 Å². The predicted octanol–water partition coefficient (Wildman–Crippen LogP) is 2.76. The van der Waals surface area contributed by atoms with Gasteiger partial charge in [-0.05, 0) is 38.5 Å². The van der Waals surface area contributed by atoms with Gasteiger partial charge >= 0.3 is 0 Å². The predicted molar refractivity (Wildman–Crippen MR) is 59.9 cm³/mol. The molecule has 0 heterocycles. The van der Waals surface area contributed by atoms with Crippen molar-refractivity contribution in [1.29, 1.82) is 0 Å². The lowest BCUT2D eigenvalue weighted by atomic mass is 10.2. The van der Waals surface area contributed by atoms with Crippen molar-refractivity contribution in [2.24, 2.45) is 5.73 Å². The third kappa shape index (κ3) is 2.89. The van der Waals surface area contributed by atoms with E-state index in [1.54, 1.807) is 0 Å². The van der Waals surface area contributed by atoms with E-state index in [4.69, 9.17) is 22.1 Å². The molecule has 14 heavy (non-hydrogen) atoms. The highest BCUT2D eigenvalue weighted by Gasteiger charge is 2.11. The maximum absolute atomic E-state index is 5.98. The molecule has 0 saturated heterocycles. The van der Waals surface area contributed by atoms with Crippen LogP contribution in [-0.4, -0.2) is 12.1 Å². The Bertz CT molecular complexity index is 312. The summed E-state index contributed by atoms with van der Waals surface area (Å²) in [4.78, 5) is 0. The molecule has 0 radical (unpaired) electrons. The molecule has 0 bridgehead atoms. The molecule has 1 aromatic rings. The van der Waals surface area contributed by atoms with Crippen LogP contribution in [0.15, 0.2) is 18.2 Å². The molecule has 0 aliphatic heterocycles. The lowest BCUT2D eigenvalue weighted by Gasteiger charge is -2.19. The summed E-state index contributed by atoms with van der Waals surface area (Å²) in [5, 5.41) is 0.628. The number of halogens is 1. The summed E-state index contributed by atoms with van der Waals surface area (Å²) in [6, 6.07) is 5.69. The van der Waals surface area contributed by atoms with Gasteiger partial charge in [0.25, 0.3) is 0 Å². The first-order valence-corrected chi connectivity index (χ1v) is 5.07. The number of ether oxygens (including phenoxy) is 1. The highest BCUT2D eigenvalue weighted by atomic mass is 35.5. The summed E-state index contributed by atoms with van der Waals surface area (Å²) in [6.07, 6.45) is -0.0331. The largest absolute Gasteiger partial charge is 0.488 e. The van der Waals surface area contributed by atoms with Gasteiger partial charge in [-0.15, -0.1) is 0 Å². The van der Waals surface area contributed by atoms with Crippen LogP contribution in [0.1, 0.15) is 19.4 Å². The fraction of sp³-hybridized carbons (Fsp3) is 0.455. The SMILES string of the molecule is Cc1ccc(Cl)c(OC(C)[C@@H](C)N)c1. The maximum atomic E-state index is 5.98. The molecule has 1 rings (SSSR count). The molecule has 0 spiro atoms. The number of nitrogens with two attached hydrogens (primary N) is 1. The van der Waals surface area contributed by atoms with E-state index in [0.717, 1.165) is 5.56 Å². The molecule has 0 amide bonds. The standard InChI is InChI=1S/C11H16ClNO/c1-7-4-5-10(12)11(6-7)14-9(3)8(2)13/h4-6,8-9H,13H2,1-3H3/t8-,9?/m1/s1. The van der Waals surface area contributed by atoms with E-state index in [-0.39, 0.29) is 12.1 Å². The number of hydrogen-bond acceptors (Lipinski definition) is 2. The number of aryl methyl sites for hydroxylation is 1. The molecule has 0 saturated carbocycles. The van der Waals surface area contributed by atoms with Crippen molar-refractivity contribution in [3.05, 3.63) is 28.8 Å². The molecule has 0 aromatic heterocycles. The minimum Gasteiger partial charge on any atom is -0.488 e. The van der Waals surface area contributed by atoms with E-state index in [2.05, 4.69) is 0 Å². The molecule has 2 N–H and O–H groups in total. The van der Waals surface area contributed by atoms with Gasteiger partial charge < -0.3 is 10.5 Å². The molecule has 1 unspecified atom stereocenters. The second-order valence-electron chi connectivity index (χ2n) is 3.62. The Morgan fingerprint density at radius 1 is 1.36 bits per heavy atom. The topological polar surface area (TPSA) is 35.2 Å². The van der Waals surface area contributed by atoms with Gasteiger partial charge in [0.2, 0.25) is 0 Å². The third-order valence-electron chi connectivity index (χ3n) is 2.14. The number of rotatable bonds is 3. The van der Waals surface area contributed by atoms with Gasteiger partial charge in [-0.25, -0.2) is 0 Å². The van der Waals surface area contributed by atoms with Gasteiger partial charge in [0, 0.05) is 6.04 Å². The van der Waals surface area contributed by atoms with Crippen LogP contribution in [0.2, 0.25) is 5.02 Å². The highest BCUT2D eigenvalue weighted by molar-refractivity contribution is 6.32. The first kappa shape index (κ1) is 11.3.